The van der Waals surface area contributed by atoms with Gasteiger partial charge in [-0.3, -0.25) is 9.59 Å². The molecule has 1 aromatic rings. The van der Waals surface area contributed by atoms with Crippen molar-refractivity contribution in [3.05, 3.63) is 35.4 Å². The van der Waals surface area contributed by atoms with Crippen LogP contribution in [0.25, 0.3) is 0 Å². The normalized spacial score (nSPS) is 19.5. The van der Waals surface area contributed by atoms with Crippen LogP contribution in [0.3, 0.4) is 0 Å². The van der Waals surface area contributed by atoms with Crippen LogP contribution in [-0.2, 0) is 22.4 Å². The Morgan fingerprint density at radius 1 is 1.12 bits per heavy atom. The lowest BCUT2D eigenvalue weighted by Crippen LogP contribution is -2.46. The van der Waals surface area contributed by atoms with Crippen molar-refractivity contribution in [1.29, 1.82) is 0 Å². The third-order valence-corrected chi connectivity index (χ3v) is 5.51. The molecule has 1 atom stereocenters. The topological polar surface area (TPSA) is 66.4 Å². The van der Waals surface area contributed by atoms with E-state index in [0.717, 1.165) is 38.5 Å². The average molecular weight is 349 g/mol. The van der Waals surface area contributed by atoms with Gasteiger partial charge in [0.1, 0.15) is 0 Å². The Hall–Kier alpha value is -1.49. The first kappa shape index (κ1) is 18.8. The van der Waals surface area contributed by atoms with Crippen LogP contribution in [0.15, 0.2) is 24.3 Å². The Morgan fingerprint density at radius 3 is 2.54 bits per heavy atom. The average Bonchev–Trinajstić information content (AvgIpc) is 2.59. The molecule has 0 aliphatic heterocycles. The lowest BCUT2D eigenvalue weighted by molar-refractivity contribution is -0.137. The minimum atomic E-state index is -0.739. The van der Waals surface area contributed by atoms with Gasteiger partial charge in [0.15, 0.2) is 0 Å². The van der Waals surface area contributed by atoms with E-state index in [4.69, 9.17) is 5.11 Å². The van der Waals surface area contributed by atoms with Crippen molar-refractivity contribution in [2.24, 2.45) is 5.41 Å². The zero-order valence-electron chi connectivity index (χ0n) is 14.1. The summed E-state index contributed by atoms with van der Waals surface area (Å²) >= 11 is 4.47. The summed E-state index contributed by atoms with van der Waals surface area (Å²) in [6.45, 7) is 0.656. The van der Waals surface area contributed by atoms with Crippen molar-refractivity contribution in [3.63, 3.8) is 0 Å². The van der Waals surface area contributed by atoms with Gasteiger partial charge >= 0.3 is 5.97 Å². The fourth-order valence-corrected chi connectivity index (χ4v) is 3.76. The zero-order valence-corrected chi connectivity index (χ0v) is 15.0. The van der Waals surface area contributed by atoms with Crippen molar-refractivity contribution in [2.75, 3.05) is 12.3 Å². The summed E-state index contributed by atoms with van der Waals surface area (Å²) in [6, 6.07) is 8.34. The van der Waals surface area contributed by atoms with E-state index in [1.54, 1.807) is 0 Å². The number of benzene rings is 1. The molecule has 4 nitrogen and oxygen atoms in total. The molecule has 1 aliphatic rings. The molecule has 0 heterocycles. The molecule has 0 saturated heterocycles. The number of nitrogens with one attached hydrogen (secondary N) is 1. The number of aliphatic carboxylic acids is 1. The molecular weight excluding hydrogens is 322 g/mol. The number of carbonyl (C=O) groups is 2. The summed E-state index contributed by atoms with van der Waals surface area (Å²) in [4.78, 5) is 23.1. The van der Waals surface area contributed by atoms with Gasteiger partial charge in [-0.05, 0) is 43.2 Å². The second-order valence-electron chi connectivity index (χ2n) is 6.70. The van der Waals surface area contributed by atoms with Crippen LogP contribution in [0.1, 0.15) is 49.7 Å². The van der Waals surface area contributed by atoms with E-state index < -0.39 is 11.4 Å². The summed E-state index contributed by atoms with van der Waals surface area (Å²) in [5, 5.41) is 11.7. The van der Waals surface area contributed by atoms with Gasteiger partial charge in [-0.25, -0.2) is 0 Å². The minimum absolute atomic E-state index is 0.109. The highest BCUT2D eigenvalue weighted by Crippen LogP contribution is 2.36. The van der Waals surface area contributed by atoms with Gasteiger partial charge in [-0.15, -0.1) is 0 Å². The first-order valence-corrected chi connectivity index (χ1v) is 9.38. The fourth-order valence-electron chi connectivity index (χ4n) is 3.35. The third kappa shape index (κ3) is 5.00. The highest BCUT2D eigenvalue weighted by atomic mass is 32.1. The Balaban J connectivity index is 1.77. The number of fused-ring (bicyclic) bond motifs is 1. The third-order valence-electron chi connectivity index (χ3n) is 4.91. The maximum absolute atomic E-state index is 12.7. The molecule has 0 bridgehead atoms. The number of rotatable bonds is 9. The van der Waals surface area contributed by atoms with E-state index in [9.17, 15) is 9.59 Å². The second kappa shape index (κ2) is 9.11. The second-order valence-corrected chi connectivity index (χ2v) is 7.01. The summed E-state index contributed by atoms with van der Waals surface area (Å²) < 4.78 is 0. The number of aryl methyl sites for hydroxylation is 1. The number of carboxylic acids is 1. The molecule has 2 rings (SSSR count). The first-order chi connectivity index (χ1) is 11.6. The highest BCUT2D eigenvalue weighted by Gasteiger charge is 2.39. The lowest BCUT2D eigenvalue weighted by atomic mass is 9.72. The van der Waals surface area contributed by atoms with Crippen LogP contribution in [-0.4, -0.2) is 29.3 Å². The number of carbonyl (C=O) groups excluding carboxylic acids is 1. The molecule has 0 spiro atoms. The van der Waals surface area contributed by atoms with Gasteiger partial charge in [0, 0.05) is 18.7 Å². The minimum Gasteiger partial charge on any atom is -0.481 e. The molecule has 132 valence electrons. The van der Waals surface area contributed by atoms with Crippen molar-refractivity contribution >= 4 is 24.5 Å². The number of thiol groups is 1. The SMILES string of the molecule is O=C(O)CCCCCCNC(=O)C1(CS)CCc2ccccc2C1. The highest BCUT2D eigenvalue weighted by molar-refractivity contribution is 7.80. The number of unbranched alkanes of at least 4 members (excludes halogenated alkanes) is 3. The Kier molecular flexibility index (Phi) is 7.16. The van der Waals surface area contributed by atoms with Crippen LogP contribution in [0.5, 0.6) is 0 Å². The largest absolute Gasteiger partial charge is 0.481 e. The van der Waals surface area contributed by atoms with E-state index in [0.29, 0.717) is 18.7 Å². The molecule has 5 heteroatoms. The van der Waals surface area contributed by atoms with Crippen molar-refractivity contribution in [2.45, 2.75) is 51.4 Å². The number of hydrogen-bond donors (Lipinski definition) is 3. The van der Waals surface area contributed by atoms with Crippen LogP contribution in [0.4, 0.5) is 0 Å². The Labute approximate surface area is 149 Å². The molecule has 0 radical (unpaired) electrons. The number of carboxylic acid groups (broad SMARTS) is 1. The van der Waals surface area contributed by atoms with Crippen molar-refractivity contribution < 1.29 is 14.7 Å². The van der Waals surface area contributed by atoms with Crippen molar-refractivity contribution in [3.8, 4) is 0 Å². The summed E-state index contributed by atoms with van der Waals surface area (Å²) in [6.07, 6.45) is 6.21. The standard InChI is InChI=1S/C19H27NO3S/c21-17(22)9-3-1-2-6-12-20-18(23)19(14-24)11-10-15-7-4-5-8-16(15)13-19/h4-5,7-8,24H,1-3,6,9-14H2,(H,20,23)(H,21,22). The van der Waals surface area contributed by atoms with Gasteiger partial charge in [0.05, 0.1) is 5.41 Å². The van der Waals surface area contributed by atoms with Crippen LogP contribution >= 0.6 is 12.6 Å². The van der Waals surface area contributed by atoms with E-state index in [-0.39, 0.29) is 12.3 Å². The summed E-state index contributed by atoms with van der Waals surface area (Å²) in [5.74, 6) is -0.0691. The molecule has 24 heavy (non-hydrogen) atoms. The maximum atomic E-state index is 12.7. The monoisotopic (exact) mass is 349 g/mol. The molecule has 0 aromatic heterocycles. The molecular formula is C19H27NO3S. The van der Waals surface area contributed by atoms with Crippen LogP contribution < -0.4 is 5.32 Å². The Bertz CT molecular complexity index is 575. The Morgan fingerprint density at radius 2 is 1.83 bits per heavy atom. The van der Waals surface area contributed by atoms with Crippen LogP contribution in [0.2, 0.25) is 0 Å². The fraction of sp³-hybridized carbons (Fsp3) is 0.579. The van der Waals surface area contributed by atoms with Gasteiger partial charge in [0.25, 0.3) is 0 Å². The van der Waals surface area contributed by atoms with Crippen LogP contribution in [0, 0.1) is 5.41 Å². The van der Waals surface area contributed by atoms with Gasteiger partial charge < -0.3 is 10.4 Å². The molecule has 1 unspecified atom stereocenters. The van der Waals surface area contributed by atoms with Crippen molar-refractivity contribution in [1.82, 2.24) is 5.32 Å². The summed E-state index contributed by atoms with van der Waals surface area (Å²) in [5.41, 5.74) is 2.21. The lowest BCUT2D eigenvalue weighted by Gasteiger charge is -2.35. The number of hydrogen-bond acceptors (Lipinski definition) is 3. The first-order valence-electron chi connectivity index (χ1n) is 8.75. The quantitative estimate of drug-likeness (QED) is 0.474. The molecule has 1 aromatic carbocycles. The van der Waals surface area contributed by atoms with Gasteiger partial charge in [0.2, 0.25) is 5.91 Å². The van der Waals surface area contributed by atoms with Gasteiger partial charge in [-0.1, -0.05) is 37.1 Å². The van der Waals surface area contributed by atoms with E-state index in [1.807, 2.05) is 6.07 Å². The predicted molar refractivity (Wildman–Crippen MR) is 98.5 cm³/mol. The molecule has 1 aliphatic carbocycles. The molecule has 0 saturated carbocycles. The zero-order chi connectivity index (χ0) is 17.4. The number of amides is 1. The van der Waals surface area contributed by atoms with E-state index in [2.05, 4.69) is 36.1 Å². The molecule has 1 amide bonds. The smallest absolute Gasteiger partial charge is 0.303 e. The molecule has 0 fully saturated rings. The predicted octanol–water partition coefficient (Wildman–Crippen LogP) is 3.24. The molecule has 2 N–H and O–H groups in total. The van der Waals surface area contributed by atoms with E-state index in [1.165, 1.54) is 11.1 Å². The van der Waals surface area contributed by atoms with E-state index >= 15 is 0 Å². The van der Waals surface area contributed by atoms with Gasteiger partial charge in [-0.2, -0.15) is 12.6 Å². The maximum Gasteiger partial charge on any atom is 0.303 e. The summed E-state index contributed by atoms with van der Waals surface area (Å²) in [7, 11) is 0.